The summed E-state index contributed by atoms with van der Waals surface area (Å²) in [6.45, 7) is 15.7. The van der Waals surface area contributed by atoms with Gasteiger partial charge in [0.25, 0.3) is 0 Å². The molecule has 5 nitrogen and oxygen atoms in total. The lowest BCUT2D eigenvalue weighted by Crippen LogP contribution is -2.17. The molecule has 0 aliphatic rings. The molecule has 0 saturated carbocycles. The highest BCUT2D eigenvalue weighted by atomic mass is 16.3. The second-order valence-corrected chi connectivity index (χ2v) is 8.01. The number of H-pyrrole nitrogens is 1. The van der Waals surface area contributed by atoms with Crippen LogP contribution in [0.1, 0.15) is 63.2 Å². The number of carbonyl (C=O) groups excluding carboxylic acids is 1. The average molecular weight is 327 g/mol. The number of aromatic amines is 1. The Morgan fingerprint density at radius 3 is 2.00 bits per heavy atom. The minimum atomic E-state index is -0.290. The number of nitrogens with zero attached hydrogens (tertiary/aromatic N) is 2. The second-order valence-electron chi connectivity index (χ2n) is 8.01. The molecule has 0 radical (unpaired) electrons. The van der Waals surface area contributed by atoms with Crippen LogP contribution in [0.3, 0.4) is 0 Å². The Bertz CT molecular complexity index is 755. The summed E-state index contributed by atoms with van der Waals surface area (Å²) in [5.41, 5.74) is 2.56. The van der Waals surface area contributed by atoms with Crippen LogP contribution in [-0.2, 0) is 10.8 Å². The van der Waals surface area contributed by atoms with Crippen molar-refractivity contribution in [2.24, 2.45) is 0 Å². The Morgan fingerprint density at radius 2 is 1.58 bits per heavy atom. The number of carbonyl (C=O) groups is 1. The highest BCUT2D eigenvalue weighted by molar-refractivity contribution is 6.06. The first-order chi connectivity index (χ1) is 11.0. The van der Waals surface area contributed by atoms with Gasteiger partial charge in [-0.05, 0) is 29.0 Å². The maximum absolute atomic E-state index is 12.0. The van der Waals surface area contributed by atoms with E-state index in [0.717, 1.165) is 16.7 Å². The van der Waals surface area contributed by atoms with Crippen molar-refractivity contribution >= 4 is 5.78 Å². The molecule has 0 aliphatic carbocycles. The number of aromatic nitrogens is 3. The van der Waals surface area contributed by atoms with Crippen LogP contribution in [0, 0.1) is 0 Å². The maximum atomic E-state index is 12.0. The van der Waals surface area contributed by atoms with Crippen LogP contribution in [-0.4, -0.2) is 26.3 Å². The van der Waals surface area contributed by atoms with E-state index in [1.165, 1.54) is 6.08 Å². The lowest BCUT2D eigenvalue weighted by atomic mass is 9.78. The van der Waals surface area contributed by atoms with E-state index in [0.29, 0.717) is 11.4 Å². The number of aromatic hydroxyl groups is 1. The van der Waals surface area contributed by atoms with Gasteiger partial charge < -0.3 is 5.11 Å². The van der Waals surface area contributed by atoms with Gasteiger partial charge >= 0.3 is 0 Å². The van der Waals surface area contributed by atoms with Crippen molar-refractivity contribution < 1.29 is 9.90 Å². The molecule has 2 N–H and O–H groups in total. The van der Waals surface area contributed by atoms with Gasteiger partial charge in [-0.1, -0.05) is 48.1 Å². The fraction of sp³-hybridized carbons (Fsp3) is 0.421. The summed E-state index contributed by atoms with van der Waals surface area (Å²) in [5, 5.41) is 21.4. The molecule has 0 aliphatic heterocycles. The minimum Gasteiger partial charge on any atom is -0.507 e. The van der Waals surface area contributed by atoms with Crippen LogP contribution >= 0.6 is 0 Å². The summed E-state index contributed by atoms with van der Waals surface area (Å²) in [6.07, 6.45) is 1.22. The summed E-state index contributed by atoms with van der Waals surface area (Å²) in [7, 11) is 0. The third-order valence-electron chi connectivity index (χ3n) is 3.97. The summed E-state index contributed by atoms with van der Waals surface area (Å²) in [6, 6.07) is 3.75. The molecular formula is C19H25N3O2. The summed E-state index contributed by atoms with van der Waals surface area (Å²) in [4.78, 5) is 12.0. The molecule has 0 spiro atoms. The van der Waals surface area contributed by atoms with Crippen LogP contribution < -0.4 is 0 Å². The SMILES string of the molecule is C=CC(=O)c1n[nH]nc1-c1cc(C(C)(C)C)c(O)c(C(C)(C)C)c1. The van der Waals surface area contributed by atoms with Crippen molar-refractivity contribution in [1.29, 1.82) is 0 Å². The molecule has 128 valence electrons. The molecule has 1 aromatic heterocycles. The number of rotatable bonds is 3. The predicted octanol–water partition coefficient (Wildman–Crippen LogP) is 4.14. The van der Waals surface area contributed by atoms with E-state index >= 15 is 0 Å². The first-order valence-electron chi connectivity index (χ1n) is 7.92. The fourth-order valence-electron chi connectivity index (χ4n) is 2.62. The molecule has 24 heavy (non-hydrogen) atoms. The number of phenolic OH excluding ortho intramolecular Hbond substituents is 1. The fourth-order valence-corrected chi connectivity index (χ4v) is 2.62. The van der Waals surface area contributed by atoms with Crippen molar-refractivity contribution in [3.63, 3.8) is 0 Å². The van der Waals surface area contributed by atoms with Crippen molar-refractivity contribution in [1.82, 2.24) is 15.4 Å². The smallest absolute Gasteiger partial charge is 0.207 e. The summed E-state index contributed by atoms with van der Waals surface area (Å²) in [5.74, 6) is 0.000263. The van der Waals surface area contributed by atoms with Gasteiger partial charge in [-0.15, -0.1) is 0 Å². The van der Waals surface area contributed by atoms with E-state index in [9.17, 15) is 9.90 Å². The zero-order chi connectivity index (χ0) is 18.3. The molecule has 0 unspecified atom stereocenters. The minimum absolute atomic E-state index is 0.232. The quantitative estimate of drug-likeness (QED) is 0.656. The van der Waals surface area contributed by atoms with Gasteiger partial charge in [0.1, 0.15) is 11.4 Å². The Balaban J connectivity index is 2.79. The zero-order valence-corrected chi connectivity index (χ0v) is 15.2. The number of hydrogen-bond acceptors (Lipinski definition) is 4. The van der Waals surface area contributed by atoms with Gasteiger partial charge in [0, 0.05) is 16.7 Å². The predicted molar refractivity (Wildman–Crippen MR) is 95.4 cm³/mol. The van der Waals surface area contributed by atoms with E-state index in [1.54, 1.807) is 0 Å². The molecule has 2 rings (SSSR count). The van der Waals surface area contributed by atoms with Gasteiger partial charge in [0.15, 0.2) is 5.69 Å². The molecule has 2 aromatic rings. The Hall–Kier alpha value is -2.43. The molecular weight excluding hydrogens is 302 g/mol. The number of hydrogen-bond donors (Lipinski definition) is 2. The normalized spacial score (nSPS) is 12.2. The van der Waals surface area contributed by atoms with Crippen LogP contribution in [0.4, 0.5) is 0 Å². The molecule has 1 aromatic carbocycles. The molecule has 5 heteroatoms. The van der Waals surface area contributed by atoms with E-state index in [4.69, 9.17) is 0 Å². The zero-order valence-electron chi connectivity index (χ0n) is 15.2. The molecule has 0 saturated heterocycles. The maximum Gasteiger partial charge on any atom is 0.207 e. The van der Waals surface area contributed by atoms with Gasteiger partial charge in [-0.3, -0.25) is 4.79 Å². The Labute approximate surface area is 142 Å². The number of ketones is 1. The molecule has 1 heterocycles. The number of nitrogens with one attached hydrogen (secondary N) is 1. The van der Waals surface area contributed by atoms with Gasteiger partial charge in [-0.2, -0.15) is 15.4 Å². The van der Waals surface area contributed by atoms with Crippen molar-refractivity contribution in [3.8, 4) is 17.0 Å². The molecule has 0 bridgehead atoms. The van der Waals surface area contributed by atoms with E-state index < -0.39 is 0 Å². The molecule has 0 amide bonds. The highest BCUT2D eigenvalue weighted by Gasteiger charge is 2.28. The van der Waals surface area contributed by atoms with Crippen LogP contribution in [0.25, 0.3) is 11.3 Å². The standard InChI is InChI=1S/C19H25N3O2/c1-8-14(23)16-15(20-22-21-16)11-9-12(18(2,3)4)17(24)13(10-11)19(5,6)7/h8-10,24H,1H2,2-7H3,(H,20,21,22). The van der Waals surface area contributed by atoms with Crippen molar-refractivity contribution in [2.45, 2.75) is 52.4 Å². The number of phenols is 1. The van der Waals surface area contributed by atoms with Crippen molar-refractivity contribution in [3.05, 3.63) is 41.6 Å². The first kappa shape index (κ1) is 17.9. The van der Waals surface area contributed by atoms with Gasteiger partial charge in [-0.25, -0.2) is 0 Å². The largest absolute Gasteiger partial charge is 0.507 e. The van der Waals surface area contributed by atoms with Gasteiger partial charge in [0.05, 0.1) is 0 Å². The van der Waals surface area contributed by atoms with Crippen molar-refractivity contribution in [2.75, 3.05) is 0 Å². The Morgan fingerprint density at radius 1 is 1.08 bits per heavy atom. The monoisotopic (exact) mass is 327 g/mol. The van der Waals surface area contributed by atoms with Crippen LogP contribution in [0.5, 0.6) is 5.75 Å². The van der Waals surface area contributed by atoms with E-state index in [1.807, 2.05) is 53.7 Å². The van der Waals surface area contributed by atoms with Gasteiger partial charge in [0.2, 0.25) is 5.78 Å². The third kappa shape index (κ3) is 3.25. The third-order valence-corrected chi connectivity index (χ3v) is 3.97. The second kappa shape index (κ2) is 5.89. The molecule has 0 atom stereocenters. The lowest BCUT2D eigenvalue weighted by molar-refractivity contribution is 0.104. The summed E-state index contributed by atoms with van der Waals surface area (Å²) >= 11 is 0. The number of benzene rings is 1. The van der Waals surface area contributed by atoms with Crippen LogP contribution in [0.15, 0.2) is 24.8 Å². The Kier molecular flexibility index (Phi) is 4.40. The van der Waals surface area contributed by atoms with E-state index in [-0.39, 0.29) is 22.3 Å². The topological polar surface area (TPSA) is 78.9 Å². The molecule has 0 fully saturated rings. The lowest BCUT2D eigenvalue weighted by Gasteiger charge is -2.28. The van der Waals surface area contributed by atoms with Crippen LogP contribution in [0.2, 0.25) is 0 Å². The average Bonchev–Trinajstić information content (AvgIpc) is 2.93. The first-order valence-corrected chi connectivity index (χ1v) is 7.92. The van der Waals surface area contributed by atoms with E-state index in [2.05, 4.69) is 22.0 Å². The summed E-state index contributed by atoms with van der Waals surface area (Å²) < 4.78 is 0. The highest BCUT2D eigenvalue weighted by Crippen LogP contribution is 2.41. The number of allylic oxidation sites excluding steroid dienone is 1.